The number of carbonyl (C=O) groups excluding carboxylic acids is 1. The average molecular weight is 260 g/mol. The largest absolute Gasteiger partial charge is 0.354 e. The lowest BCUT2D eigenvalue weighted by Crippen LogP contribution is -1.92. The highest BCUT2D eigenvalue weighted by molar-refractivity contribution is 6.25. The summed E-state index contributed by atoms with van der Waals surface area (Å²) in [5.41, 5.74) is 2.78. The van der Waals surface area contributed by atoms with Crippen molar-refractivity contribution >= 4 is 38.4 Å². The molecule has 20 heavy (non-hydrogen) atoms. The van der Waals surface area contributed by atoms with Crippen LogP contribution in [-0.2, 0) is 0 Å². The summed E-state index contributed by atoms with van der Waals surface area (Å²) in [5.74, 6) is 0.0809. The predicted octanol–water partition coefficient (Wildman–Crippen LogP) is 4.07. The van der Waals surface area contributed by atoms with Gasteiger partial charge in [-0.05, 0) is 30.5 Å². The molecule has 2 aromatic carbocycles. The molecule has 1 N–H and O–H groups in total. The van der Waals surface area contributed by atoms with Crippen LogP contribution < -0.4 is 0 Å². The minimum atomic E-state index is 0.0809. The Labute approximate surface area is 115 Å². The summed E-state index contributed by atoms with van der Waals surface area (Å²) in [6.07, 6.45) is 3.65. The highest BCUT2D eigenvalue weighted by Crippen LogP contribution is 2.33. The van der Waals surface area contributed by atoms with E-state index in [9.17, 15) is 4.79 Å². The maximum atomic E-state index is 11.9. The van der Waals surface area contributed by atoms with Crippen LogP contribution in [0.3, 0.4) is 0 Å². The summed E-state index contributed by atoms with van der Waals surface area (Å²) < 4.78 is 0. The smallest absolute Gasteiger partial charge is 0.160 e. The van der Waals surface area contributed by atoms with Gasteiger partial charge in [0.1, 0.15) is 0 Å². The molecule has 0 saturated carbocycles. The Morgan fingerprint density at radius 3 is 2.75 bits per heavy atom. The van der Waals surface area contributed by atoms with E-state index in [0.29, 0.717) is 0 Å². The first-order chi connectivity index (χ1) is 9.75. The van der Waals surface area contributed by atoms with E-state index < -0.39 is 0 Å². The SMILES string of the molecule is CC(=O)c1cccc2[nH]c3ccc4ccncc4c3c12. The number of nitrogens with zero attached hydrogens (tertiary/aromatic N) is 1. The summed E-state index contributed by atoms with van der Waals surface area (Å²) >= 11 is 0. The molecule has 0 fully saturated rings. The van der Waals surface area contributed by atoms with E-state index >= 15 is 0 Å². The van der Waals surface area contributed by atoms with Gasteiger partial charge in [0.2, 0.25) is 0 Å². The molecule has 4 aromatic rings. The zero-order valence-electron chi connectivity index (χ0n) is 11.0. The van der Waals surface area contributed by atoms with Gasteiger partial charge in [0, 0.05) is 45.1 Å². The number of carbonyl (C=O) groups is 1. The van der Waals surface area contributed by atoms with Crippen molar-refractivity contribution in [2.75, 3.05) is 0 Å². The van der Waals surface area contributed by atoms with E-state index in [-0.39, 0.29) is 5.78 Å². The molecule has 2 aromatic heterocycles. The van der Waals surface area contributed by atoms with Crippen molar-refractivity contribution < 1.29 is 4.79 Å². The maximum absolute atomic E-state index is 11.9. The number of nitrogens with one attached hydrogen (secondary N) is 1. The molecule has 0 radical (unpaired) electrons. The molecule has 0 aliphatic carbocycles. The topological polar surface area (TPSA) is 45.8 Å². The number of aromatic nitrogens is 2. The molecular formula is C17H12N2O. The van der Waals surface area contributed by atoms with Crippen molar-refractivity contribution in [3.05, 3.63) is 54.4 Å². The first kappa shape index (κ1) is 11.2. The molecule has 0 spiro atoms. The van der Waals surface area contributed by atoms with Crippen molar-refractivity contribution in [3.8, 4) is 0 Å². The first-order valence-electron chi connectivity index (χ1n) is 6.54. The number of ketones is 1. The van der Waals surface area contributed by atoms with Gasteiger partial charge in [-0.3, -0.25) is 9.78 Å². The zero-order chi connectivity index (χ0) is 13.7. The number of aromatic amines is 1. The fourth-order valence-corrected chi connectivity index (χ4v) is 2.90. The zero-order valence-corrected chi connectivity index (χ0v) is 11.0. The van der Waals surface area contributed by atoms with Crippen molar-refractivity contribution in [3.63, 3.8) is 0 Å². The molecule has 4 rings (SSSR count). The van der Waals surface area contributed by atoms with Gasteiger partial charge in [-0.1, -0.05) is 18.2 Å². The van der Waals surface area contributed by atoms with E-state index in [0.717, 1.165) is 38.1 Å². The number of rotatable bonds is 1. The number of benzene rings is 2. The summed E-state index contributed by atoms with van der Waals surface area (Å²) in [6.45, 7) is 1.61. The molecule has 0 bridgehead atoms. The Hall–Kier alpha value is -2.68. The lowest BCUT2D eigenvalue weighted by Gasteiger charge is -2.02. The minimum Gasteiger partial charge on any atom is -0.354 e. The molecule has 0 aliphatic heterocycles. The Balaban J connectivity index is 2.35. The van der Waals surface area contributed by atoms with Crippen LogP contribution in [0, 0.1) is 0 Å². The highest BCUT2D eigenvalue weighted by Gasteiger charge is 2.13. The normalized spacial score (nSPS) is 11.4. The quantitative estimate of drug-likeness (QED) is 0.524. The predicted molar refractivity (Wildman–Crippen MR) is 81.1 cm³/mol. The Kier molecular flexibility index (Phi) is 2.18. The summed E-state index contributed by atoms with van der Waals surface area (Å²) in [7, 11) is 0. The third kappa shape index (κ3) is 1.40. The lowest BCUT2D eigenvalue weighted by molar-refractivity contribution is 0.101. The summed E-state index contributed by atoms with van der Waals surface area (Å²) in [5, 5.41) is 4.28. The summed E-state index contributed by atoms with van der Waals surface area (Å²) in [6, 6.07) is 11.9. The molecular weight excluding hydrogens is 248 g/mol. The Bertz CT molecular complexity index is 982. The number of hydrogen-bond donors (Lipinski definition) is 1. The number of H-pyrrole nitrogens is 1. The number of Topliss-reactive ketones (excluding diaryl/α,β-unsaturated/α-hetero) is 1. The molecule has 0 aliphatic rings. The third-order valence-electron chi connectivity index (χ3n) is 3.79. The number of pyridine rings is 1. The summed E-state index contributed by atoms with van der Waals surface area (Å²) in [4.78, 5) is 19.5. The van der Waals surface area contributed by atoms with Gasteiger partial charge in [0.25, 0.3) is 0 Å². The molecule has 2 heterocycles. The van der Waals surface area contributed by atoms with Crippen LogP contribution in [0.2, 0.25) is 0 Å². The molecule has 0 atom stereocenters. The van der Waals surface area contributed by atoms with Crippen LogP contribution in [0.25, 0.3) is 32.6 Å². The second-order valence-electron chi connectivity index (χ2n) is 4.99. The third-order valence-corrected chi connectivity index (χ3v) is 3.79. The Morgan fingerprint density at radius 1 is 1.05 bits per heavy atom. The molecule has 96 valence electrons. The number of fused-ring (bicyclic) bond motifs is 5. The van der Waals surface area contributed by atoms with E-state index in [4.69, 9.17) is 0 Å². The molecule has 0 unspecified atom stereocenters. The second-order valence-corrected chi connectivity index (χ2v) is 4.99. The highest BCUT2D eigenvalue weighted by atomic mass is 16.1. The molecule has 0 saturated heterocycles. The van der Waals surface area contributed by atoms with E-state index in [1.807, 2.05) is 30.5 Å². The van der Waals surface area contributed by atoms with E-state index in [1.165, 1.54) is 0 Å². The van der Waals surface area contributed by atoms with Gasteiger partial charge < -0.3 is 4.98 Å². The van der Waals surface area contributed by atoms with Crippen molar-refractivity contribution in [2.24, 2.45) is 0 Å². The van der Waals surface area contributed by atoms with Gasteiger partial charge in [-0.15, -0.1) is 0 Å². The molecule has 3 heteroatoms. The van der Waals surface area contributed by atoms with Crippen molar-refractivity contribution in [1.29, 1.82) is 0 Å². The van der Waals surface area contributed by atoms with Crippen molar-refractivity contribution in [1.82, 2.24) is 9.97 Å². The van der Waals surface area contributed by atoms with Gasteiger partial charge in [0.05, 0.1) is 0 Å². The fraction of sp³-hybridized carbons (Fsp3) is 0.0588. The second kappa shape index (κ2) is 3.90. The van der Waals surface area contributed by atoms with Gasteiger partial charge in [-0.2, -0.15) is 0 Å². The maximum Gasteiger partial charge on any atom is 0.160 e. The molecule has 0 amide bonds. The van der Waals surface area contributed by atoms with Crippen LogP contribution >= 0.6 is 0 Å². The average Bonchev–Trinajstić information content (AvgIpc) is 2.85. The molecule has 3 nitrogen and oxygen atoms in total. The van der Waals surface area contributed by atoms with Crippen LogP contribution in [-0.4, -0.2) is 15.8 Å². The van der Waals surface area contributed by atoms with Crippen LogP contribution in [0.5, 0.6) is 0 Å². The van der Waals surface area contributed by atoms with Crippen LogP contribution in [0.4, 0.5) is 0 Å². The van der Waals surface area contributed by atoms with Gasteiger partial charge >= 0.3 is 0 Å². The fourth-order valence-electron chi connectivity index (χ4n) is 2.90. The van der Waals surface area contributed by atoms with Crippen molar-refractivity contribution in [2.45, 2.75) is 6.92 Å². The minimum absolute atomic E-state index is 0.0809. The van der Waals surface area contributed by atoms with E-state index in [2.05, 4.69) is 22.1 Å². The van der Waals surface area contributed by atoms with Gasteiger partial charge in [-0.25, -0.2) is 0 Å². The lowest BCUT2D eigenvalue weighted by atomic mass is 10.0. The Morgan fingerprint density at radius 2 is 1.90 bits per heavy atom. The van der Waals surface area contributed by atoms with Crippen LogP contribution in [0.15, 0.2) is 48.8 Å². The number of hydrogen-bond acceptors (Lipinski definition) is 2. The standard InChI is InChI=1S/C17H12N2O/c1-10(20)12-3-2-4-14-16(12)17-13-9-18-8-7-11(13)5-6-15(17)19-14/h2-9,19H,1H3. The van der Waals surface area contributed by atoms with Gasteiger partial charge in [0.15, 0.2) is 5.78 Å². The van der Waals surface area contributed by atoms with E-state index in [1.54, 1.807) is 13.1 Å². The first-order valence-corrected chi connectivity index (χ1v) is 6.54. The monoisotopic (exact) mass is 260 g/mol. The van der Waals surface area contributed by atoms with Crippen LogP contribution in [0.1, 0.15) is 17.3 Å².